The second kappa shape index (κ2) is 7.77. The highest BCUT2D eigenvalue weighted by Crippen LogP contribution is 2.26. The minimum Gasteiger partial charge on any atom is -0.507 e. The number of phenols is 1. The van der Waals surface area contributed by atoms with Crippen LogP contribution in [0.4, 0.5) is 5.13 Å². The van der Waals surface area contributed by atoms with Crippen LogP contribution in [-0.4, -0.2) is 38.1 Å². The van der Waals surface area contributed by atoms with Crippen LogP contribution in [0, 0.1) is 0 Å². The van der Waals surface area contributed by atoms with Crippen molar-refractivity contribution in [3.05, 3.63) is 53.4 Å². The maximum atomic E-state index is 11.5. The van der Waals surface area contributed by atoms with Crippen LogP contribution in [0.3, 0.4) is 0 Å². The zero-order valence-corrected chi connectivity index (χ0v) is 16.2. The Labute approximate surface area is 160 Å². The van der Waals surface area contributed by atoms with E-state index in [2.05, 4.69) is 15.5 Å². The first-order valence-corrected chi connectivity index (χ1v) is 10.6. The number of phenolic OH excluding ortho intramolecular Hbond substituents is 1. The number of hydrogen-bond donors (Lipinski definition) is 2. The molecule has 1 heterocycles. The van der Waals surface area contributed by atoms with Crippen molar-refractivity contribution in [2.45, 2.75) is 4.90 Å². The first kappa shape index (κ1) is 18.9. The molecule has 0 spiro atoms. The summed E-state index contributed by atoms with van der Waals surface area (Å²) < 4.78 is 28.2. The minimum atomic E-state index is -3.22. The normalized spacial score (nSPS) is 11.6. The number of hydrogen-bond acceptors (Lipinski definition) is 8. The van der Waals surface area contributed by atoms with Crippen molar-refractivity contribution in [1.82, 2.24) is 4.98 Å². The maximum absolute atomic E-state index is 11.5. The van der Waals surface area contributed by atoms with Gasteiger partial charge in [-0.3, -0.25) is 5.43 Å². The van der Waals surface area contributed by atoms with Crippen molar-refractivity contribution >= 4 is 32.5 Å². The summed E-state index contributed by atoms with van der Waals surface area (Å²) in [6.07, 6.45) is 2.64. The lowest BCUT2D eigenvalue weighted by molar-refractivity contribution is 0.412. The van der Waals surface area contributed by atoms with Gasteiger partial charge in [-0.25, -0.2) is 13.4 Å². The summed E-state index contributed by atoms with van der Waals surface area (Å²) in [7, 11) is -1.68. The van der Waals surface area contributed by atoms with E-state index in [1.54, 1.807) is 43.5 Å². The molecule has 7 nitrogen and oxygen atoms in total. The molecule has 0 aliphatic rings. The lowest BCUT2D eigenvalue weighted by atomic mass is 10.2. The number of aromatic nitrogens is 1. The molecule has 0 saturated carbocycles. The molecule has 27 heavy (non-hydrogen) atoms. The van der Waals surface area contributed by atoms with Gasteiger partial charge in [-0.15, -0.1) is 11.3 Å². The topological polar surface area (TPSA) is 101 Å². The maximum Gasteiger partial charge on any atom is 0.203 e. The molecular weight excluding hydrogens is 386 g/mol. The first-order valence-electron chi connectivity index (χ1n) is 7.79. The number of nitrogens with one attached hydrogen (secondary N) is 1. The average Bonchev–Trinajstić information content (AvgIpc) is 3.11. The number of nitrogens with zero attached hydrogens (tertiary/aromatic N) is 2. The molecule has 2 N–H and O–H groups in total. The smallest absolute Gasteiger partial charge is 0.203 e. The largest absolute Gasteiger partial charge is 0.507 e. The molecule has 0 unspecified atom stereocenters. The summed E-state index contributed by atoms with van der Waals surface area (Å²) in [6.45, 7) is 0. The molecule has 9 heteroatoms. The van der Waals surface area contributed by atoms with Crippen molar-refractivity contribution in [2.24, 2.45) is 5.10 Å². The van der Waals surface area contributed by atoms with Crippen molar-refractivity contribution in [2.75, 3.05) is 18.8 Å². The summed E-state index contributed by atoms with van der Waals surface area (Å²) in [5.41, 5.74) is 4.84. The molecule has 3 aromatic rings. The quantitative estimate of drug-likeness (QED) is 0.483. The number of benzene rings is 2. The summed E-state index contributed by atoms with van der Waals surface area (Å²) in [5, 5.41) is 16.3. The molecule has 0 saturated heterocycles. The summed E-state index contributed by atoms with van der Waals surface area (Å²) in [5.74, 6) is 0.704. The molecule has 0 bridgehead atoms. The molecule has 3 rings (SSSR count). The van der Waals surface area contributed by atoms with Crippen molar-refractivity contribution in [1.29, 1.82) is 0 Å². The highest BCUT2D eigenvalue weighted by molar-refractivity contribution is 7.90. The summed E-state index contributed by atoms with van der Waals surface area (Å²) in [6, 6.07) is 11.4. The van der Waals surface area contributed by atoms with Crippen molar-refractivity contribution in [3.63, 3.8) is 0 Å². The van der Waals surface area contributed by atoms with E-state index >= 15 is 0 Å². The molecule has 2 aromatic carbocycles. The molecule has 140 valence electrons. The van der Waals surface area contributed by atoms with Crippen LogP contribution >= 0.6 is 11.3 Å². The number of ether oxygens (including phenoxy) is 1. The lowest BCUT2D eigenvalue weighted by Gasteiger charge is -2.02. The molecule has 1 aromatic heterocycles. The fourth-order valence-corrected chi connectivity index (χ4v) is 3.55. The average molecular weight is 403 g/mol. The van der Waals surface area contributed by atoms with E-state index in [-0.39, 0.29) is 10.6 Å². The standard InChI is InChI=1S/C18H17N3O4S2/c1-25-14-5-8-17(22)13(9-14)10-19-21-18-20-16(11-26-18)12-3-6-15(7-4-12)27(2,23)24/h3-11,22H,1-2H3,(H,20,21)/b19-10+. The second-order valence-corrected chi connectivity index (χ2v) is 8.50. The van der Waals surface area contributed by atoms with Crippen LogP contribution in [0.5, 0.6) is 11.5 Å². The summed E-state index contributed by atoms with van der Waals surface area (Å²) in [4.78, 5) is 4.68. The molecule has 0 fully saturated rings. The number of rotatable bonds is 6. The van der Waals surface area contributed by atoms with Gasteiger partial charge in [0.25, 0.3) is 0 Å². The highest BCUT2D eigenvalue weighted by atomic mass is 32.2. The molecular formula is C18H17N3O4S2. The van der Waals surface area contributed by atoms with Gasteiger partial charge in [0, 0.05) is 22.8 Å². The van der Waals surface area contributed by atoms with Gasteiger partial charge in [-0.2, -0.15) is 5.10 Å². The zero-order chi connectivity index (χ0) is 19.4. The Morgan fingerprint density at radius 2 is 1.96 bits per heavy atom. The number of methoxy groups -OCH3 is 1. The number of sulfone groups is 1. The van der Waals surface area contributed by atoms with Gasteiger partial charge in [0.1, 0.15) is 11.5 Å². The summed E-state index contributed by atoms with van der Waals surface area (Å²) >= 11 is 1.36. The van der Waals surface area contributed by atoms with Crippen LogP contribution in [0.2, 0.25) is 0 Å². The number of anilines is 1. The molecule has 0 aliphatic heterocycles. The molecule has 0 aliphatic carbocycles. The van der Waals surface area contributed by atoms with Crippen molar-refractivity contribution < 1.29 is 18.3 Å². The molecule has 0 amide bonds. The zero-order valence-electron chi connectivity index (χ0n) is 14.6. The minimum absolute atomic E-state index is 0.0899. The number of aromatic hydroxyl groups is 1. The van der Waals surface area contributed by atoms with Gasteiger partial charge in [0.15, 0.2) is 9.84 Å². The number of thiazole rings is 1. The van der Waals surface area contributed by atoms with Crippen LogP contribution in [0.15, 0.2) is 57.8 Å². The van der Waals surface area contributed by atoms with Gasteiger partial charge < -0.3 is 9.84 Å². The Morgan fingerprint density at radius 3 is 2.63 bits per heavy atom. The van der Waals surface area contributed by atoms with E-state index in [0.29, 0.717) is 22.1 Å². The van der Waals surface area contributed by atoms with E-state index in [4.69, 9.17) is 4.74 Å². The van der Waals surface area contributed by atoms with Gasteiger partial charge >= 0.3 is 0 Å². The van der Waals surface area contributed by atoms with Gasteiger partial charge in [0.2, 0.25) is 5.13 Å². The van der Waals surface area contributed by atoms with E-state index in [9.17, 15) is 13.5 Å². The fourth-order valence-electron chi connectivity index (χ4n) is 2.25. The Morgan fingerprint density at radius 1 is 1.22 bits per heavy atom. The van der Waals surface area contributed by atoms with Gasteiger partial charge in [0.05, 0.1) is 23.9 Å². The third-order valence-electron chi connectivity index (χ3n) is 3.68. The van der Waals surface area contributed by atoms with E-state index in [1.807, 2.05) is 5.38 Å². The Bertz CT molecular complexity index is 1070. The van der Waals surface area contributed by atoms with E-state index in [1.165, 1.54) is 29.9 Å². The third kappa shape index (κ3) is 4.63. The fraction of sp³-hybridized carbons (Fsp3) is 0.111. The predicted molar refractivity (Wildman–Crippen MR) is 107 cm³/mol. The van der Waals surface area contributed by atoms with E-state index in [0.717, 1.165) is 5.56 Å². The Kier molecular flexibility index (Phi) is 5.43. The predicted octanol–water partition coefficient (Wildman–Crippen LogP) is 3.37. The lowest BCUT2D eigenvalue weighted by Crippen LogP contribution is -1.96. The van der Waals surface area contributed by atoms with Crippen molar-refractivity contribution in [3.8, 4) is 22.8 Å². The molecule has 0 atom stereocenters. The second-order valence-electron chi connectivity index (χ2n) is 5.63. The third-order valence-corrected chi connectivity index (χ3v) is 5.56. The Hall–Kier alpha value is -2.91. The first-order chi connectivity index (χ1) is 12.9. The van der Waals surface area contributed by atoms with Gasteiger partial charge in [-0.05, 0) is 30.3 Å². The highest BCUT2D eigenvalue weighted by Gasteiger charge is 2.09. The van der Waals surface area contributed by atoms with Gasteiger partial charge in [-0.1, -0.05) is 12.1 Å². The van der Waals surface area contributed by atoms with Crippen LogP contribution < -0.4 is 10.2 Å². The molecule has 0 radical (unpaired) electrons. The van der Waals surface area contributed by atoms with Crippen LogP contribution in [-0.2, 0) is 9.84 Å². The Balaban J connectivity index is 1.71. The SMILES string of the molecule is COc1ccc(O)c(/C=N/Nc2nc(-c3ccc(S(C)(=O)=O)cc3)cs2)c1. The van der Waals surface area contributed by atoms with E-state index < -0.39 is 9.84 Å². The van der Waals surface area contributed by atoms with Crippen LogP contribution in [0.25, 0.3) is 11.3 Å². The monoisotopic (exact) mass is 403 g/mol. The number of hydrazone groups is 1. The van der Waals surface area contributed by atoms with Crippen LogP contribution in [0.1, 0.15) is 5.56 Å².